The van der Waals surface area contributed by atoms with Crippen molar-refractivity contribution in [1.82, 2.24) is 4.90 Å². The first-order valence-corrected chi connectivity index (χ1v) is 6.35. The summed E-state index contributed by atoms with van der Waals surface area (Å²) in [5.41, 5.74) is 0.244. The maximum absolute atomic E-state index is 12.1. The summed E-state index contributed by atoms with van der Waals surface area (Å²) in [6, 6.07) is 4.06. The molecule has 0 radical (unpaired) electrons. The van der Waals surface area contributed by atoms with Crippen LogP contribution < -0.4 is 0 Å². The van der Waals surface area contributed by atoms with Gasteiger partial charge in [0, 0.05) is 19.7 Å². The van der Waals surface area contributed by atoms with Crippen molar-refractivity contribution in [3.8, 4) is 11.5 Å². The minimum atomic E-state index is -0.195. The Labute approximate surface area is 107 Å². The standard InChI is InChI=1S/C14H19NO3/c1-15(9-10-4-2-3-5-10)14(18)12-7-6-11(16)8-13(12)17/h6-8,10,16-17H,2-5,9H2,1H3. The molecule has 0 aliphatic heterocycles. The smallest absolute Gasteiger partial charge is 0.257 e. The summed E-state index contributed by atoms with van der Waals surface area (Å²) >= 11 is 0. The molecule has 0 saturated heterocycles. The Balaban J connectivity index is 2.05. The Bertz CT molecular complexity index is 439. The van der Waals surface area contributed by atoms with Crippen molar-refractivity contribution in [2.45, 2.75) is 25.7 Å². The van der Waals surface area contributed by atoms with E-state index in [2.05, 4.69) is 0 Å². The zero-order chi connectivity index (χ0) is 13.1. The van der Waals surface area contributed by atoms with Crippen LogP contribution in [0, 0.1) is 5.92 Å². The average Bonchev–Trinajstić information content (AvgIpc) is 2.81. The number of phenols is 2. The number of benzene rings is 1. The van der Waals surface area contributed by atoms with Gasteiger partial charge in [-0.25, -0.2) is 0 Å². The van der Waals surface area contributed by atoms with Crippen LogP contribution in [0.3, 0.4) is 0 Å². The summed E-state index contributed by atoms with van der Waals surface area (Å²) in [6.45, 7) is 0.735. The van der Waals surface area contributed by atoms with Crippen molar-refractivity contribution >= 4 is 5.91 Å². The van der Waals surface area contributed by atoms with Gasteiger partial charge in [0.05, 0.1) is 5.56 Å². The Hall–Kier alpha value is -1.71. The van der Waals surface area contributed by atoms with Crippen LogP contribution in [-0.2, 0) is 0 Å². The fourth-order valence-corrected chi connectivity index (χ4v) is 2.57. The lowest BCUT2D eigenvalue weighted by Gasteiger charge is -2.21. The number of carbonyl (C=O) groups is 1. The third kappa shape index (κ3) is 2.75. The molecule has 1 fully saturated rings. The van der Waals surface area contributed by atoms with E-state index in [9.17, 15) is 15.0 Å². The predicted molar refractivity (Wildman–Crippen MR) is 68.7 cm³/mol. The molecule has 0 spiro atoms. The summed E-state index contributed by atoms with van der Waals surface area (Å²) in [7, 11) is 1.76. The third-order valence-corrected chi connectivity index (χ3v) is 3.57. The number of nitrogens with zero attached hydrogens (tertiary/aromatic N) is 1. The number of carbonyl (C=O) groups excluding carboxylic acids is 1. The lowest BCUT2D eigenvalue weighted by Crippen LogP contribution is -2.31. The van der Waals surface area contributed by atoms with Crippen LogP contribution >= 0.6 is 0 Å². The summed E-state index contributed by atoms with van der Waals surface area (Å²) in [5.74, 6) is 0.179. The predicted octanol–water partition coefficient (Wildman–Crippen LogP) is 2.36. The largest absolute Gasteiger partial charge is 0.508 e. The number of rotatable bonds is 3. The van der Waals surface area contributed by atoms with Gasteiger partial charge in [-0.15, -0.1) is 0 Å². The SMILES string of the molecule is CN(CC1CCCC1)C(=O)c1ccc(O)cc1O. The first-order valence-electron chi connectivity index (χ1n) is 6.35. The molecule has 98 valence electrons. The molecule has 0 bridgehead atoms. The van der Waals surface area contributed by atoms with Crippen LogP contribution in [0.15, 0.2) is 18.2 Å². The van der Waals surface area contributed by atoms with Gasteiger partial charge in [0.15, 0.2) is 0 Å². The molecule has 4 nitrogen and oxygen atoms in total. The van der Waals surface area contributed by atoms with Gasteiger partial charge in [-0.2, -0.15) is 0 Å². The lowest BCUT2D eigenvalue weighted by atomic mass is 10.1. The van der Waals surface area contributed by atoms with Crippen molar-refractivity contribution in [1.29, 1.82) is 0 Å². The number of hydrogen-bond acceptors (Lipinski definition) is 3. The highest BCUT2D eigenvalue weighted by atomic mass is 16.3. The number of amides is 1. The molecule has 0 aromatic heterocycles. The molecule has 1 amide bonds. The van der Waals surface area contributed by atoms with Gasteiger partial charge >= 0.3 is 0 Å². The molecule has 18 heavy (non-hydrogen) atoms. The van der Waals surface area contributed by atoms with Crippen LogP contribution in [0.4, 0.5) is 0 Å². The van der Waals surface area contributed by atoms with Crippen LogP contribution in [0.5, 0.6) is 11.5 Å². The van der Waals surface area contributed by atoms with E-state index in [1.54, 1.807) is 11.9 Å². The highest BCUT2D eigenvalue weighted by Crippen LogP contribution is 2.27. The summed E-state index contributed by atoms with van der Waals surface area (Å²) < 4.78 is 0. The highest BCUT2D eigenvalue weighted by Gasteiger charge is 2.21. The van der Waals surface area contributed by atoms with E-state index in [1.807, 2.05) is 0 Å². The quantitative estimate of drug-likeness (QED) is 0.864. The van der Waals surface area contributed by atoms with Crippen molar-refractivity contribution < 1.29 is 15.0 Å². The minimum absolute atomic E-state index is 0.0394. The van der Waals surface area contributed by atoms with E-state index >= 15 is 0 Å². The number of phenolic OH excluding ortho intramolecular Hbond substituents is 2. The molecule has 0 unspecified atom stereocenters. The first-order chi connectivity index (χ1) is 8.58. The fourth-order valence-electron chi connectivity index (χ4n) is 2.57. The van der Waals surface area contributed by atoms with E-state index in [0.29, 0.717) is 5.92 Å². The van der Waals surface area contributed by atoms with Crippen LogP contribution in [0.1, 0.15) is 36.0 Å². The second-order valence-electron chi connectivity index (χ2n) is 5.04. The average molecular weight is 249 g/mol. The number of hydrogen-bond donors (Lipinski definition) is 2. The second kappa shape index (κ2) is 5.29. The summed E-state index contributed by atoms with van der Waals surface area (Å²) in [5, 5.41) is 18.9. The molecule has 1 aliphatic carbocycles. The van der Waals surface area contributed by atoms with Gasteiger partial charge in [-0.3, -0.25) is 4.79 Å². The van der Waals surface area contributed by atoms with Gasteiger partial charge in [-0.1, -0.05) is 12.8 Å². The van der Waals surface area contributed by atoms with Gasteiger partial charge in [0.2, 0.25) is 0 Å². The monoisotopic (exact) mass is 249 g/mol. The molecule has 2 N–H and O–H groups in total. The number of aromatic hydroxyl groups is 2. The van der Waals surface area contributed by atoms with Gasteiger partial charge in [0.25, 0.3) is 5.91 Å². The van der Waals surface area contributed by atoms with Gasteiger partial charge < -0.3 is 15.1 Å². The zero-order valence-electron chi connectivity index (χ0n) is 10.6. The van der Waals surface area contributed by atoms with Crippen LogP contribution in [0.25, 0.3) is 0 Å². The topological polar surface area (TPSA) is 60.8 Å². The molecule has 2 rings (SSSR count). The molecule has 1 aliphatic rings. The first kappa shape index (κ1) is 12.7. The fraction of sp³-hybridized carbons (Fsp3) is 0.500. The van der Waals surface area contributed by atoms with Crippen LogP contribution in [0.2, 0.25) is 0 Å². The van der Waals surface area contributed by atoms with Crippen LogP contribution in [-0.4, -0.2) is 34.6 Å². The van der Waals surface area contributed by atoms with E-state index in [4.69, 9.17) is 0 Å². The third-order valence-electron chi connectivity index (χ3n) is 3.57. The molecule has 4 heteroatoms. The van der Waals surface area contributed by atoms with E-state index in [0.717, 1.165) is 6.54 Å². The zero-order valence-corrected chi connectivity index (χ0v) is 10.6. The van der Waals surface area contributed by atoms with Gasteiger partial charge in [0.1, 0.15) is 11.5 Å². The Kier molecular flexibility index (Phi) is 3.75. The molecule has 1 aromatic carbocycles. The molecule has 1 saturated carbocycles. The van der Waals surface area contributed by atoms with Crippen molar-refractivity contribution in [3.05, 3.63) is 23.8 Å². The molecule has 1 aromatic rings. The Morgan fingerprint density at radius 3 is 2.61 bits per heavy atom. The van der Waals surface area contributed by atoms with Crippen molar-refractivity contribution in [3.63, 3.8) is 0 Å². The maximum Gasteiger partial charge on any atom is 0.257 e. The Morgan fingerprint density at radius 1 is 1.33 bits per heavy atom. The maximum atomic E-state index is 12.1. The Morgan fingerprint density at radius 2 is 2.00 bits per heavy atom. The molecular formula is C14H19NO3. The van der Waals surface area contributed by atoms with Crippen molar-refractivity contribution in [2.24, 2.45) is 5.92 Å². The molecular weight excluding hydrogens is 230 g/mol. The molecule has 0 atom stereocenters. The van der Waals surface area contributed by atoms with Gasteiger partial charge in [-0.05, 0) is 30.9 Å². The van der Waals surface area contributed by atoms with E-state index < -0.39 is 0 Å². The highest BCUT2D eigenvalue weighted by molar-refractivity contribution is 5.96. The molecule has 0 heterocycles. The normalized spacial score (nSPS) is 15.8. The minimum Gasteiger partial charge on any atom is -0.508 e. The second-order valence-corrected chi connectivity index (χ2v) is 5.04. The lowest BCUT2D eigenvalue weighted by molar-refractivity contribution is 0.0770. The summed E-state index contributed by atoms with van der Waals surface area (Å²) in [4.78, 5) is 13.8. The van der Waals surface area contributed by atoms with E-state index in [-0.39, 0.29) is 23.0 Å². The van der Waals surface area contributed by atoms with E-state index in [1.165, 1.54) is 43.9 Å². The van der Waals surface area contributed by atoms with Crippen molar-refractivity contribution in [2.75, 3.05) is 13.6 Å². The summed E-state index contributed by atoms with van der Waals surface area (Å²) in [6.07, 6.45) is 4.85.